The summed E-state index contributed by atoms with van der Waals surface area (Å²) < 4.78 is 0. The fourth-order valence-electron chi connectivity index (χ4n) is 3.74. The number of anilines is 1. The zero-order chi connectivity index (χ0) is 22.1. The van der Waals surface area contributed by atoms with E-state index in [1.54, 1.807) is 0 Å². The maximum absolute atomic E-state index is 6.33. The van der Waals surface area contributed by atoms with Gasteiger partial charge in [-0.2, -0.15) is 0 Å². The number of hydrogen-bond donors (Lipinski definition) is 1. The second-order valence-electron chi connectivity index (χ2n) is 8.28. The van der Waals surface area contributed by atoms with Gasteiger partial charge in [-0.05, 0) is 81.4 Å². The molecule has 0 saturated heterocycles. The van der Waals surface area contributed by atoms with Crippen molar-refractivity contribution in [2.75, 3.05) is 19.4 Å². The third-order valence-corrected chi connectivity index (χ3v) is 7.11. The van der Waals surface area contributed by atoms with Crippen LogP contribution in [0.3, 0.4) is 0 Å². The third-order valence-electron chi connectivity index (χ3n) is 5.53. The molecule has 2 heterocycles. The molecule has 1 atom stereocenters. The largest absolute Gasteiger partial charge is 0.361 e. The first kappa shape index (κ1) is 21.8. The Hall–Kier alpha value is -2.47. The highest BCUT2D eigenvalue weighted by molar-refractivity contribution is 7.15. The van der Waals surface area contributed by atoms with E-state index in [0.717, 1.165) is 23.1 Å². The fourth-order valence-corrected chi connectivity index (χ4v) is 5.00. The van der Waals surface area contributed by atoms with Crippen LogP contribution in [-0.4, -0.2) is 29.2 Å². The number of nitrogens with zero attached hydrogens (tertiary/aromatic N) is 3. The monoisotopic (exact) mass is 450 g/mol. The van der Waals surface area contributed by atoms with Crippen molar-refractivity contribution >= 4 is 39.5 Å². The zero-order valence-electron chi connectivity index (χ0n) is 18.5. The Morgan fingerprint density at radius 2 is 1.71 bits per heavy atom. The molecule has 0 aliphatic carbocycles. The van der Waals surface area contributed by atoms with Crippen LogP contribution in [0.25, 0.3) is 21.2 Å². The van der Waals surface area contributed by atoms with E-state index in [1.165, 1.54) is 32.0 Å². The van der Waals surface area contributed by atoms with Gasteiger partial charge in [0.05, 0.1) is 6.04 Å². The minimum Gasteiger partial charge on any atom is -0.361 e. The van der Waals surface area contributed by atoms with Gasteiger partial charge >= 0.3 is 0 Å². The van der Waals surface area contributed by atoms with Gasteiger partial charge in [0.1, 0.15) is 0 Å². The van der Waals surface area contributed by atoms with Crippen molar-refractivity contribution in [1.82, 2.24) is 15.1 Å². The minimum atomic E-state index is 0.0973. The molecule has 0 radical (unpaired) electrons. The van der Waals surface area contributed by atoms with Crippen molar-refractivity contribution in [3.8, 4) is 10.4 Å². The number of aryl methyl sites for hydroxylation is 2. The molecule has 0 bridgehead atoms. The molecule has 0 fully saturated rings. The summed E-state index contributed by atoms with van der Waals surface area (Å²) >= 11 is 8.14. The van der Waals surface area contributed by atoms with E-state index in [1.807, 2.05) is 11.3 Å². The van der Waals surface area contributed by atoms with Crippen LogP contribution in [0.2, 0.25) is 5.15 Å². The van der Waals surface area contributed by atoms with E-state index >= 15 is 0 Å². The lowest BCUT2D eigenvalue weighted by atomic mass is 10.0. The Bertz CT molecular complexity index is 1230. The predicted molar refractivity (Wildman–Crippen MR) is 133 cm³/mol. The minimum absolute atomic E-state index is 0.0973. The van der Waals surface area contributed by atoms with Gasteiger partial charge in [-0.3, -0.25) is 0 Å². The van der Waals surface area contributed by atoms with Crippen LogP contribution >= 0.6 is 22.9 Å². The quantitative estimate of drug-likeness (QED) is 0.348. The second-order valence-corrected chi connectivity index (χ2v) is 9.76. The van der Waals surface area contributed by atoms with Gasteiger partial charge in [-0.15, -0.1) is 21.5 Å². The van der Waals surface area contributed by atoms with Crippen LogP contribution in [-0.2, 0) is 6.54 Å². The molecule has 6 heteroatoms. The molecule has 0 unspecified atom stereocenters. The van der Waals surface area contributed by atoms with Crippen molar-refractivity contribution in [3.63, 3.8) is 0 Å². The van der Waals surface area contributed by atoms with E-state index in [2.05, 4.69) is 104 Å². The number of fused-ring (bicyclic) bond motifs is 1. The fraction of sp³-hybridized carbons (Fsp3) is 0.280. The molecule has 4 rings (SSSR count). The molecule has 1 N–H and O–H groups in total. The predicted octanol–water partition coefficient (Wildman–Crippen LogP) is 6.86. The number of nitrogens with one attached hydrogen (secondary N) is 1. The number of thiophene rings is 1. The number of benzene rings is 2. The summed E-state index contributed by atoms with van der Waals surface area (Å²) in [4.78, 5) is 4.73. The average Bonchev–Trinajstić information content (AvgIpc) is 3.22. The first-order chi connectivity index (χ1) is 14.8. The molecular weight excluding hydrogens is 424 g/mol. The van der Waals surface area contributed by atoms with Gasteiger partial charge in [-0.1, -0.05) is 35.9 Å². The molecule has 0 saturated carbocycles. The normalized spacial score (nSPS) is 12.5. The smallest absolute Gasteiger partial charge is 0.159 e. The van der Waals surface area contributed by atoms with Gasteiger partial charge in [-0.25, -0.2) is 0 Å². The Morgan fingerprint density at radius 1 is 1.00 bits per heavy atom. The molecule has 4 nitrogen and oxygen atoms in total. The van der Waals surface area contributed by atoms with Gasteiger partial charge in [0.25, 0.3) is 0 Å². The molecule has 160 valence electrons. The molecule has 4 aromatic rings. The van der Waals surface area contributed by atoms with E-state index in [0.29, 0.717) is 5.15 Å². The first-order valence-electron chi connectivity index (χ1n) is 10.4. The highest BCUT2D eigenvalue weighted by Crippen LogP contribution is 2.36. The summed E-state index contributed by atoms with van der Waals surface area (Å²) in [5.41, 5.74) is 5.04. The molecule has 31 heavy (non-hydrogen) atoms. The Kier molecular flexibility index (Phi) is 6.28. The van der Waals surface area contributed by atoms with Gasteiger partial charge in [0.15, 0.2) is 11.0 Å². The highest BCUT2D eigenvalue weighted by atomic mass is 35.5. The van der Waals surface area contributed by atoms with Crippen LogP contribution in [0.4, 0.5) is 5.82 Å². The van der Waals surface area contributed by atoms with Crippen LogP contribution in [0.5, 0.6) is 0 Å². The summed E-state index contributed by atoms with van der Waals surface area (Å²) in [5.74, 6) is 0.762. The Morgan fingerprint density at radius 3 is 2.45 bits per heavy atom. The molecule has 0 aliphatic heterocycles. The molecule has 0 aliphatic rings. The van der Waals surface area contributed by atoms with E-state index < -0.39 is 0 Å². The lowest BCUT2D eigenvalue weighted by Crippen LogP contribution is -2.11. The van der Waals surface area contributed by atoms with E-state index in [-0.39, 0.29) is 6.04 Å². The summed E-state index contributed by atoms with van der Waals surface area (Å²) in [6.07, 6.45) is 0. The van der Waals surface area contributed by atoms with Gasteiger partial charge < -0.3 is 10.2 Å². The van der Waals surface area contributed by atoms with Crippen molar-refractivity contribution in [2.45, 2.75) is 33.4 Å². The van der Waals surface area contributed by atoms with Crippen molar-refractivity contribution in [1.29, 1.82) is 0 Å². The first-order valence-corrected chi connectivity index (χ1v) is 11.6. The molecular formula is C25H27ClN4S. The van der Waals surface area contributed by atoms with Crippen molar-refractivity contribution in [2.24, 2.45) is 0 Å². The average molecular weight is 451 g/mol. The van der Waals surface area contributed by atoms with Gasteiger partial charge in [0, 0.05) is 27.1 Å². The summed E-state index contributed by atoms with van der Waals surface area (Å²) in [5, 5.41) is 14.5. The molecule has 0 spiro atoms. The van der Waals surface area contributed by atoms with Crippen LogP contribution in [0.15, 0.2) is 48.5 Å². The second kappa shape index (κ2) is 8.95. The highest BCUT2D eigenvalue weighted by Gasteiger charge is 2.16. The summed E-state index contributed by atoms with van der Waals surface area (Å²) in [6, 6.07) is 17.4. The maximum atomic E-state index is 6.33. The number of aromatic nitrogens is 2. The topological polar surface area (TPSA) is 41.1 Å². The summed E-state index contributed by atoms with van der Waals surface area (Å²) in [6.45, 7) is 7.27. The van der Waals surface area contributed by atoms with Crippen LogP contribution in [0.1, 0.15) is 34.5 Å². The summed E-state index contributed by atoms with van der Waals surface area (Å²) in [7, 11) is 4.20. The van der Waals surface area contributed by atoms with Crippen LogP contribution < -0.4 is 5.32 Å². The Balaban J connectivity index is 1.63. The van der Waals surface area contributed by atoms with E-state index in [9.17, 15) is 0 Å². The standard InChI is InChI=1S/C25H27ClN4S/c1-15-12-20-21(13-16(15)2)25(29-28-24(20)26)27-17(3)22-10-11-23(31-22)19-9-7-6-8-18(19)14-30(4)5/h6-13,17H,14H2,1-5H3,(H,27,29)/t17-/m1/s1. The number of rotatable bonds is 6. The Labute approximate surface area is 192 Å². The van der Waals surface area contributed by atoms with Crippen molar-refractivity contribution < 1.29 is 0 Å². The van der Waals surface area contributed by atoms with Crippen molar-refractivity contribution in [3.05, 3.63) is 75.3 Å². The lowest BCUT2D eigenvalue weighted by molar-refractivity contribution is 0.403. The lowest BCUT2D eigenvalue weighted by Gasteiger charge is -2.16. The SMILES string of the molecule is Cc1cc2c(Cl)nnc(N[C@H](C)c3ccc(-c4ccccc4CN(C)C)s3)c2cc1C. The van der Waals surface area contributed by atoms with Gasteiger partial charge in [0.2, 0.25) is 0 Å². The van der Waals surface area contributed by atoms with E-state index in [4.69, 9.17) is 11.6 Å². The van der Waals surface area contributed by atoms with Crippen LogP contribution in [0, 0.1) is 13.8 Å². The zero-order valence-corrected chi connectivity index (χ0v) is 20.1. The molecule has 0 amide bonds. The maximum Gasteiger partial charge on any atom is 0.159 e. The molecule has 2 aromatic heterocycles. The third kappa shape index (κ3) is 4.59. The number of halogens is 1. The molecule has 2 aromatic carbocycles. The number of hydrogen-bond acceptors (Lipinski definition) is 5.